The van der Waals surface area contributed by atoms with Crippen LogP contribution in [0, 0.1) is 13.8 Å². The number of nitrogens with zero attached hydrogens (tertiary/aromatic N) is 1. The Bertz CT molecular complexity index is 954. The van der Waals surface area contributed by atoms with Crippen molar-refractivity contribution < 1.29 is 9.90 Å². The summed E-state index contributed by atoms with van der Waals surface area (Å²) in [7, 11) is 0. The molecule has 0 saturated heterocycles. The highest BCUT2D eigenvalue weighted by molar-refractivity contribution is 6.09. The number of nitrogens with one attached hydrogen (secondary N) is 1. The summed E-state index contributed by atoms with van der Waals surface area (Å²) >= 11 is 0. The lowest BCUT2D eigenvalue weighted by molar-refractivity contribution is 0.101. The molecule has 0 aliphatic heterocycles. The van der Waals surface area contributed by atoms with Crippen molar-refractivity contribution in [3.63, 3.8) is 0 Å². The second kappa shape index (κ2) is 6.63. The molecule has 0 atom stereocenters. The Kier molecular flexibility index (Phi) is 4.53. The van der Waals surface area contributed by atoms with Gasteiger partial charge in [-0.1, -0.05) is 19.1 Å². The number of aromatic hydroxyl groups is 1. The summed E-state index contributed by atoms with van der Waals surface area (Å²) < 4.78 is 2.03. The summed E-state index contributed by atoms with van der Waals surface area (Å²) in [6, 6.07) is 11.5. The fraction of sp³-hybridized carbons (Fsp3) is 0.286. The maximum absolute atomic E-state index is 13.0. The Labute approximate surface area is 148 Å². The van der Waals surface area contributed by atoms with E-state index in [1.165, 1.54) is 5.56 Å². The van der Waals surface area contributed by atoms with Crippen LogP contribution in [0.3, 0.4) is 0 Å². The molecule has 3 aromatic rings. The summed E-state index contributed by atoms with van der Waals surface area (Å²) in [5, 5.41) is 14.0. The van der Waals surface area contributed by atoms with Crippen molar-refractivity contribution in [2.45, 2.75) is 40.7 Å². The molecule has 2 aromatic carbocycles. The second-order valence-electron chi connectivity index (χ2n) is 6.40. The van der Waals surface area contributed by atoms with Gasteiger partial charge in [-0.2, -0.15) is 0 Å². The average molecular weight is 336 g/mol. The largest absolute Gasteiger partial charge is 0.506 e. The Balaban J connectivity index is 2.09. The molecule has 1 heterocycles. The topological polar surface area (TPSA) is 54.3 Å². The van der Waals surface area contributed by atoms with Crippen LogP contribution in [0.15, 0.2) is 36.4 Å². The van der Waals surface area contributed by atoms with E-state index in [4.69, 9.17) is 0 Å². The van der Waals surface area contributed by atoms with Crippen LogP contribution in [0.2, 0.25) is 0 Å². The van der Waals surface area contributed by atoms with Crippen LogP contribution >= 0.6 is 0 Å². The van der Waals surface area contributed by atoms with Crippen LogP contribution in [-0.2, 0) is 13.0 Å². The number of hydrogen-bond donors (Lipinski definition) is 2. The van der Waals surface area contributed by atoms with Crippen molar-refractivity contribution in [3.05, 3.63) is 58.8 Å². The number of aryl methyl sites for hydroxylation is 4. The predicted molar refractivity (Wildman–Crippen MR) is 103 cm³/mol. The van der Waals surface area contributed by atoms with Crippen molar-refractivity contribution in [3.8, 4) is 5.75 Å². The first-order chi connectivity index (χ1) is 12.0. The van der Waals surface area contributed by atoms with E-state index in [0.717, 1.165) is 28.5 Å². The Morgan fingerprint density at radius 1 is 1.12 bits per heavy atom. The molecule has 25 heavy (non-hydrogen) atoms. The van der Waals surface area contributed by atoms with Gasteiger partial charge in [0.25, 0.3) is 5.91 Å². The number of carbonyl (C=O) groups is 1. The number of amides is 1. The van der Waals surface area contributed by atoms with Gasteiger partial charge in [0.1, 0.15) is 11.4 Å². The third-order valence-electron chi connectivity index (χ3n) is 4.72. The lowest BCUT2D eigenvalue weighted by Crippen LogP contribution is -2.18. The molecule has 130 valence electrons. The maximum Gasteiger partial charge on any atom is 0.272 e. The minimum absolute atomic E-state index is 0.0732. The number of aromatic nitrogens is 1. The first-order valence-corrected chi connectivity index (χ1v) is 8.69. The molecule has 4 heteroatoms. The quantitative estimate of drug-likeness (QED) is 0.673. The Hall–Kier alpha value is -2.75. The highest BCUT2D eigenvalue weighted by Crippen LogP contribution is 2.29. The summed E-state index contributed by atoms with van der Waals surface area (Å²) in [4.78, 5) is 13.0. The monoisotopic (exact) mass is 336 g/mol. The molecule has 0 aliphatic rings. The SMILES string of the molecule is CCc1ccc2c(c1)c(C)c(C(=O)Nc1cc(C)ccc1O)n2CC. The molecule has 0 saturated carbocycles. The van der Waals surface area contributed by atoms with Crippen molar-refractivity contribution in [1.82, 2.24) is 4.57 Å². The van der Waals surface area contributed by atoms with Gasteiger partial charge in [0.15, 0.2) is 0 Å². The third-order valence-corrected chi connectivity index (χ3v) is 4.72. The molecule has 2 N–H and O–H groups in total. The van der Waals surface area contributed by atoms with Crippen molar-refractivity contribution in [2.75, 3.05) is 5.32 Å². The molecule has 4 nitrogen and oxygen atoms in total. The normalized spacial score (nSPS) is 11.0. The van der Waals surface area contributed by atoms with Gasteiger partial charge in [0.2, 0.25) is 0 Å². The van der Waals surface area contributed by atoms with E-state index in [2.05, 4.69) is 30.4 Å². The number of carbonyl (C=O) groups excluding carboxylic acids is 1. The third kappa shape index (κ3) is 3.00. The first-order valence-electron chi connectivity index (χ1n) is 8.69. The molecule has 1 aromatic heterocycles. The Morgan fingerprint density at radius 2 is 1.88 bits per heavy atom. The average Bonchev–Trinajstić information content (AvgIpc) is 2.89. The van der Waals surface area contributed by atoms with Gasteiger partial charge >= 0.3 is 0 Å². The molecular formula is C21H24N2O2. The van der Waals surface area contributed by atoms with Gasteiger partial charge in [0.05, 0.1) is 5.69 Å². The summed E-state index contributed by atoms with van der Waals surface area (Å²) in [5.74, 6) is -0.126. The van der Waals surface area contributed by atoms with Crippen LogP contribution in [0.5, 0.6) is 5.75 Å². The lowest BCUT2D eigenvalue weighted by atomic mass is 10.1. The molecule has 3 rings (SSSR count). The summed E-state index contributed by atoms with van der Waals surface area (Å²) in [5.41, 5.74) is 5.35. The zero-order chi connectivity index (χ0) is 18.1. The number of hydrogen-bond acceptors (Lipinski definition) is 2. The van der Waals surface area contributed by atoms with E-state index < -0.39 is 0 Å². The number of rotatable bonds is 4. The smallest absolute Gasteiger partial charge is 0.272 e. The van der Waals surface area contributed by atoms with E-state index >= 15 is 0 Å². The predicted octanol–water partition coefficient (Wildman–Crippen LogP) is 4.80. The van der Waals surface area contributed by atoms with Crippen LogP contribution in [-0.4, -0.2) is 15.6 Å². The van der Waals surface area contributed by atoms with E-state index in [1.54, 1.807) is 12.1 Å². The summed E-state index contributed by atoms with van der Waals surface area (Å²) in [6.45, 7) is 8.78. The minimum atomic E-state index is -0.200. The lowest BCUT2D eigenvalue weighted by Gasteiger charge is -2.11. The van der Waals surface area contributed by atoms with Crippen molar-refractivity contribution in [1.29, 1.82) is 0 Å². The molecule has 0 aliphatic carbocycles. The van der Waals surface area contributed by atoms with Gasteiger partial charge in [-0.05, 0) is 68.1 Å². The molecule has 0 unspecified atom stereocenters. The zero-order valence-electron chi connectivity index (χ0n) is 15.2. The van der Waals surface area contributed by atoms with Gasteiger partial charge in [-0.15, -0.1) is 0 Å². The number of benzene rings is 2. The molecule has 1 amide bonds. The van der Waals surface area contributed by atoms with E-state index in [-0.39, 0.29) is 11.7 Å². The Morgan fingerprint density at radius 3 is 2.56 bits per heavy atom. The van der Waals surface area contributed by atoms with Crippen LogP contribution in [0.4, 0.5) is 5.69 Å². The fourth-order valence-electron chi connectivity index (χ4n) is 3.34. The standard InChI is InChI=1S/C21H24N2O2/c1-5-15-8-9-18-16(12-15)14(4)20(23(18)6-2)21(25)22-17-11-13(3)7-10-19(17)24/h7-12,24H,5-6H2,1-4H3,(H,22,25). The van der Waals surface area contributed by atoms with Gasteiger partial charge in [-0.3, -0.25) is 4.79 Å². The van der Waals surface area contributed by atoms with E-state index in [0.29, 0.717) is 17.9 Å². The van der Waals surface area contributed by atoms with Gasteiger partial charge in [-0.25, -0.2) is 0 Å². The fourth-order valence-corrected chi connectivity index (χ4v) is 3.34. The maximum atomic E-state index is 13.0. The highest BCUT2D eigenvalue weighted by Gasteiger charge is 2.20. The van der Waals surface area contributed by atoms with Crippen molar-refractivity contribution in [2.24, 2.45) is 0 Å². The zero-order valence-corrected chi connectivity index (χ0v) is 15.2. The number of anilines is 1. The van der Waals surface area contributed by atoms with Crippen LogP contribution in [0.1, 0.15) is 41.0 Å². The molecular weight excluding hydrogens is 312 g/mol. The van der Waals surface area contributed by atoms with Crippen molar-refractivity contribution >= 4 is 22.5 Å². The minimum Gasteiger partial charge on any atom is -0.506 e. The van der Waals surface area contributed by atoms with E-state index in [9.17, 15) is 9.90 Å². The van der Waals surface area contributed by atoms with Crippen LogP contribution < -0.4 is 5.32 Å². The number of fused-ring (bicyclic) bond motifs is 1. The van der Waals surface area contributed by atoms with E-state index in [1.807, 2.05) is 31.4 Å². The second-order valence-corrected chi connectivity index (χ2v) is 6.40. The molecule has 0 radical (unpaired) electrons. The number of phenols is 1. The number of phenolic OH excluding ortho intramolecular Hbond substituents is 1. The van der Waals surface area contributed by atoms with Gasteiger partial charge < -0.3 is 15.0 Å². The molecule has 0 spiro atoms. The highest BCUT2D eigenvalue weighted by atomic mass is 16.3. The van der Waals surface area contributed by atoms with Crippen LogP contribution in [0.25, 0.3) is 10.9 Å². The summed E-state index contributed by atoms with van der Waals surface area (Å²) in [6.07, 6.45) is 0.964. The molecule has 0 fully saturated rings. The molecule has 0 bridgehead atoms. The first kappa shape index (κ1) is 17.1. The van der Waals surface area contributed by atoms with Gasteiger partial charge in [0, 0.05) is 17.4 Å².